The molecule has 1 aliphatic rings. The SMILES string of the molecule is Cc1ccc(C(N)C(=O)NC(C)C2CC2)cc1. The van der Waals surface area contributed by atoms with E-state index in [1.165, 1.54) is 18.4 Å². The third-order valence-corrected chi connectivity index (χ3v) is 3.42. The fourth-order valence-corrected chi connectivity index (χ4v) is 1.95. The highest BCUT2D eigenvalue weighted by atomic mass is 16.2. The molecule has 0 saturated heterocycles. The van der Waals surface area contributed by atoms with E-state index in [4.69, 9.17) is 5.73 Å². The van der Waals surface area contributed by atoms with Crippen molar-refractivity contribution >= 4 is 5.91 Å². The van der Waals surface area contributed by atoms with Crippen molar-refractivity contribution in [3.8, 4) is 0 Å². The molecule has 2 rings (SSSR count). The summed E-state index contributed by atoms with van der Waals surface area (Å²) in [5, 5.41) is 2.99. The molecule has 3 N–H and O–H groups in total. The maximum atomic E-state index is 11.9. The number of benzene rings is 1. The Morgan fingerprint density at radius 3 is 2.47 bits per heavy atom. The van der Waals surface area contributed by atoms with Gasteiger partial charge in [-0.2, -0.15) is 0 Å². The summed E-state index contributed by atoms with van der Waals surface area (Å²) in [7, 11) is 0. The second kappa shape index (κ2) is 4.88. The van der Waals surface area contributed by atoms with Crippen LogP contribution in [0.3, 0.4) is 0 Å². The molecule has 1 aromatic rings. The van der Waals surface area contributed by atoms with Gasteiger partial charge in [-0.1, -0.05) is 29.8 Å². The van der Waals surface area contributed by atoms with Crippen LogP contribution in [0.25, 0.3) is 0 Å². The molecule has 0 spiro atoms. The largest absolute Gasteiger partial charge is 0.352 e. The van der Waals surface area contributed by atoms with E-state index in [0.29, 0.717) is 5.92 Å². The first-order chi connectivity index (χ1) is 8.08. The Balaban J connectivity index is 1.96. The van der Waals surface area contributed by atoms with Gasteiger partial charge in [0.05, 0.1) is 0 Å². The molecule has 0 aliphatic heterocycles. The van der Waals surface area contributed by atoms with Crippen molar-refractivity contribution in [2.45, 2.75) is 38.8 Å². The average Bonchev–Trinajstić information content (AvgIpc) is 3.12. The van der Waals surface area contributed by atoms with E-state index in [-0.39, 0.29) is 11.9 Å². The van der Waals surface area contributed by atoms with Crippen LogP contribution in [0.5, 0.6) is 0 Å². The van der Waals surface area contributed by atoms with Crippen molar-refractivity contribution in [3.05, 3.63) is 35.4 Å². The number of nitrogens with one attached hydrogen (secondary N) is 1. The molecular weight excluding hydrogens is 212 g/mol. The smallest absolute Gasteiger partial charge is 0.241 e. The van der Waals surface area contributed by atoms with E-state index in [0.717, 1.165) is 5.56 Å². The number of rotatable bonds is 4. The molecule has 2 unspecified atom stereocenters. The zero-order valence-electron chi connectivity index (χ0n) is 10.4. The summed E-state index contributed by atoms with van der Waals surface area (Å²) in [5.41, 5.74) is 7.99. The highest BCUT2D eigenvalue weighted by Crippen LogP contribution is 2.32. The number of aryl methyl sites for hydroxylation is 1. The third kappa shape index (κ3) is 3.07. The van der Waals surface area contributed by atoms with Crippen LogP contribution in [0, 0.1) is 12.8 Å². The van der Waals surface area contributed by atoms with Gasteiger partial charge in [-0.25, -0.2) is 0 Å². The highest BCUT2D eigenvalue weighted by molar-refractivity contribution is 5.83. The first-order valence-corrected chi connectivity index (χ1v) is 6.20. The number of amides is 1. The minimum atomic E-state index is -0.559. The minimum Gasteiger partial charge on any atom is -0.352 e. The van der Waals surface area contributed by atoms with Crippen molar-refractivity contribution in [2.75, 3.05) is 0 Å². The van der Waals surface area contributed by atoms with Crippen LogP contribution >= 0.6 is 0 Å². The molecule has 0 heterocycles. The Bertz CT molecular complexity index is 395. The summed E-state index contributed by atoms with van der Waals surface area (Å²) in [5.74, 6) is 0.581. The van der Waals surface area contributed by atoms with E-state index in [1.807, 2.05) is 31.2 Å². The lowest BCUT2D eigenvalue weighted by atomic mass is 10.0. The van der Waals surface area contributed by atoms with Gasteiger partial charge in [-0.05, 0) is 38.2 Å². The molecule has 1 aliphatic carbocycles. The molecule has 17 heavy (non-hydrogen) atoms. The highest BCUT2D eigenvalue weighted by Gasteiger charge is 2.30. The quantitative estimate of drug-likeness (QED) is 0.833. The maximum Gasteiger partial charge on any atom is 0.241 e. The van der Waals surface area contributed by atoms with E-state index in [2.05, 4.69) is 12.2 Å². The fourth-order valence-electron chi connectivity index (χ4n) is 1.95. The summed E-state index contributed by atoms with van der Waals surface area (Å²) in [6, 6.07) is 7.48. The maximum absolute atomic E-state index is 11.9. The van der Waals surface area contributed by atoms with Crippen LogP contribution in [0.1, 0.15) is 36.9 Å². The summed E-state index contributed by atoms with van der Waals surface area (Å²) in [4.78, 5) is 11.9. The molecule has 3 heteroatoms. The van der Waals surface area contributed by atoms with Crippen molar-refractivity contribution in [2.24, 2.45) is 11.7 Å². The normalized spacial score (nSPS) is 18.5. The molecule has 0 radical (unpaired) electrons. The number of hydrogen-bond donors (Lipinski definition) is 2. The third-order valence-electron chi connectivity index (χ3n) is 3.42. The molecule has 1 aromatic carbocycles. The van der Waals surface area contributed by atoms with Gasteiger partial charge in [-0.15, -0.1) is 0 Å². The average molecular weight is 232 g/mol. The first-order valence-electron chi connectivity index (χ1n) is 6.20. The Labute approximate surface area is 102 Å². The van der Waals surface area contributed by atoms with Crippen molar-refractivity contribution in [3.63, 3.8) is 0 Å². The van der Waals surface area contributed by atoms with Crippen LogP contribution in [-0.2, 0) is 4.79 Å². The summed E-state index contributed by atoms with van der Waals surface area (Å²) in [6.45, 7) is 4.07. The molecule has 1 saturated carbocycles. The van der Waals surface area contributed by atoms with Gasteiger partial charge in [-0.3, -0.25) is 4.79 Å². The van der Waals surface area contributed by atoms with Gasteiger partial charge in [0, 0.05) is 6.04 Å². The van der Waals surface area contributed by atoms with Gasteiger partial charge in [0.2, 0.25) is 5.91 Å². The van der Waals surface area contributed by atoms with Gasteiger partial charge in [0.25, 0.3) is 0 Å². The lowest BCUT2D eigenvalue weighted by molar-refractivity contribution is -0.123. The van der Waals surface area contributed by atoms with E-state index in [9.17, 15) is 4.79 Å². The Hall–Kier alpha value is -1.35. The van der Waals surface area contributed by atoms with Crippen LogP contribution in [-0.4, -0.2) is 11.9 Å². The lowest BCUT2D eigenvalue weighted by Gasteiger charge is -2.17. The molecule has 1 amide bonds. The number of hydrogen-bond acceptors (Lipinski definition) is 2. The van der Waals surface area contributed by atoms with Gasteiger partial charge >= 0.3 is 0 Å². The first kappa shape index (κ1) is 12.1. The zero-order valence-corrected chi connectivity index (χ0v) is 10.4. The van der Waals surface area contributed by atoms with Crippen molar-refractivity contribution in [1.29, 1.82) is 0 Å². The van der Waals surface area contributed by atoms with Crippen LogP contribution in [0.4, 0.5) is 0 Å². The number of carbonyl (C=O) groups excluding carboxylic acids is 1. The fraction of sp³-hybridized carbons (Fsp3) is 0.500. The number of nitrogens with two attached hydrogens (primary N) is 1. The Morgan fingerprint density at radius 1 is 1.35 bits per heavy atom. The van der Waals surface area contributed by atoms with Crippen LogP contribution < -0.4 is 11.1 Å². The standard InChI is InChI=1S/C14H20N2O/c1-9-3-5-12(6-4-9)13(15)14(17)16-10(2)11-7-8-11/h3-6,10-11,13H,7-8,15H2,1-2H3,(H,16,17). The van der Waals surface area contributed by atoms with Crippen LogP contribution in [0.15, 0.2) is 24.3 Å². The van der Waals surface area contributed by atoms with E-state index in [1.54, 1.807) is 0 Å². The monoisotopic (exact) mass is 232 g/mol. The second-order valence-electron chi connectivity index (χ2n) is 5.02. The molecule has 92 valence electrons. The van der Waals surface area contributed by atoms with Gasteiger partial charge < -0.3 is 11.1 Å². The number of carbonyl (C=O) groups is 1. The van der Waals surface area contributed by atoms with Crippen LogP contribution in [0.2, 0.25) is 0 Å². The molecule has 2 atom stereocenters. The topological polar surface area (TPSA) is 55.1 Å². The predicted octanol–water partition coefficient (Wildman–Crippen LogP) is 1.91. The Kier molecular flexibility index (Phi) is 3.48. The Morgan fingerprint density at radius 2 is 1.94 bits per heavy atom. The van der Waals surface area contributed by atoms with E-state index < -0.39 is 6.04 Å². The molecule has 1 fully saturated rings. The molecule has 3 nitrogen and oxygen atoms in total. The zero-order chi connectivity index (χ0) is 12.4. The predicted molar refractivity (Wildman–Crippen MR) is 68.4 cm³/mol. The molecule has 0 aromatic heterocycles. The van der Waals surface area contributed by atoms with Gasteiger partial charge in [0.1, 0.15) is 6.04 Å². The van der Waals surface area contributed by atoms with Crippen molar-refractivity contribution < 1.29 is 4.79 Å². The minimum absolute atomic E-state index is 0.0757. The van der Waals surface area contributed by atoms with E-state index >= 15 is 0 Å². The second-order valence-corrected chi connectivity index (χ2v) is 5.02. The molecule has 0 bridgehead atoms. The van der Waals surface area contributed by atoms with Gasteiger partial charge in [0.15, 0.2) is 0 Å². The lowest BCUT2D eigenvalue weighted by Crippen LogP contribution is -2.40. The summed E-state index contributed by atoms with van der Waals surface area (Å²) in [6.07, 6.45) is 2.45. The summed E-state index contributed by atoms with van der Waals surface area (Å²) < 4.78 is 0. The summed E-state index contributed by atoms with van der Waals surface area (Å²) >= 11 is 0. The van der Waals surface area contributed by atoms with Crippen molar-refractivity contribution in [1.82, 2.24) is 5.32 Å². The molecular formula is C14H20N2O.